The van der Waals surface area contributed by atoms with Crippen LogP contribution in [0.25, 0.3) is 0 Å². The van der Waals surface area contributed by atoms with Gasteiger partial charge in [0, 0.05) is 13.0 Å². The molecule has 1 aliphatic rings. The lowest BCUT2D eigenvalue weighted by Gasteiger charge is -2.07. The van der Waals surface area contributed by atoms with Crippen molar-refractivity contribution in [2.75, 3.05) is 18.1 Å². The van der Waals surface area contributed by atoms with Crippen molar-refractivity contribution in [3.8, 4) is 0 Å². The van der Waals surface area contributed by atoms with Gasteiger partial charge in [0.05, 0.1) is 16.8 Å². The van der Waals surface area contributed by atoms with Crippen molar-refractivity contribution in [2.24, 2.45) is 5.92 Å². The fourth-order valence-corrected chi connectivity index (χ4v) is 4.76. The van der Waals surface area contributed by atoms with E-state index in [1.165, 1.54) is 11.8 Å². The van der Waals surface area contributed by atoms with Crippen molar-refractivity contribution in [1.82, 2.24) is 15.5 Å². The molecule has 7 nitrogen and oxygen atoms in total. The number of carbonyl (C=O) groups is 1. The topological polar surface area (TPSA) is 102 Å². The van der Waals surface area contributed by atoms with Gasteiger partial charge in [-0.1, -0.05) is 17.8 Å². The molecule has 0 aromatic carbocycles. The molecule has 2 atom stereocenters. The lowest BCUT2D eigenvalue weighted by atomic mass is 10.1. The van der Waals surface area contributed by atoms with Crippen molar-refractivity contribution in [3.63, 3.8) is 0 Å². The summed E-state index contributed by atoms with van der Waals surface area (Å²) in [6.07, 6.45) is 2.70. The standard InChI is InChI=1S/C13H19N3O4S2/c1-3-5-14-12(17)9(2)21-13-16-15-11(20-13)7-10-4-6-22(18,19)8-10/h3,9-10H,1,4-8H2,2H3,(H,14,17)/t9-,10+/m0/s1. The van der Waals surface area contributed by atoms with Crippen LogP contribution in [-0.2, 0) is 21.1 Å². The van der Waals surface area contributed by atoms with E-state index in [4.69, 9.17) is 4.42 Å². The molecule has 0 bridgehead atoms. The minimum atomic E-state index is -2.90. The smallest absolute Gasteiger partial charge is 0.277 e. The molecule has 1 aromatic heterocycles. The molecule has 1 amide bonds. The molecule has 9 heteroatoms. The molecular weight excluding hydrogens is 326 g/mol. The number of nitrogens with one attached hydrogen (secondary N) is 1. The molecule has 1 saturated heterocycles. The number of hydrogen-bond acceptors (Lipinski definition) is 7. The van der Waals surface area contributed by atoms with E-state index in [-0.39, 0.29) is 28.6 Å². The minimum Gasteiger partial charge on any atom is -0.416 e. The first-order chi connectivity index (χ1) is 10.4. The van der Waals surface area contributed by atoms with Crippen LogP contribution in [0.15, 0.2) is 22.3 Å². The van der Waals surface area contributed by atoms with Gasteiger partial charge in [-0.25, -0.2) is 8.42 Å². The number of rotatable bonds is 7. The summed E-state index contributed by atoms with van der Waals surface area (Å²) < 4.78 is 28.3. The third kappa shape index (κ3) is 4.84. The average Bonchev–Trinajstić information content (AvgIpc) is 3.02. The fourth-order valence-electron chi connectivity index (χ4n) is 2.17. The summed E-state index contributed by atoms with van der Waals surface area (Å²) >= 11 is 1.18. The monoisotopic (exact) mass is 345 g/mol. The van der Waals surface area contributed by atoms with Gasteiger partial charge in [0.15, 0.2) is 9.84 Å². The van der Waals surface area contributed by atoms with Gasteiger partial charge in [-0.15, -0.1) is 16.8 Å². The number of hydrogen-bond donors (Lipinski definition) is 1. The van der Waals surface area contributed by atoms with Crippen molar-refractivity contribution in [3.05, 3.63) is 18.5 Å². The van der Waals surface area contributed by atoms with Gasteiger partial charge in [-0.3, -0.25) is 4.79 Å². The first-order valence-electron chi connectivity index (χ1n) is 6.97. The zero-order valence-electron chi connectivity index (χ0n) is 12.3. The van der Waals surface area contributed by atoms with Crippen LogP contribution in [0.3, 0.4) is 0 Å². The van der Waals surface area contributed by atoms with E-state index in [2.05, 4.69) is 22.1 Å². The Morgan fingerprint density at radius 1 is 1.59 bits per heavy atom. The Hall–Kier alpha value is -1.35. The summed E-state index contributed by atoms with van der Waals surface area (Å²) in [5, 5.41) is 10.5. The zero-order valence-corrected chi connectivity index (χ0v) is 14.0. The fraction of sp³-hybridized carbons (Fsp3) is 0.615. The molecule has 1 fully saturated rings. The highest BCUT2D eigenvalue weighted by atomic mass is 32.2. The number of nitrogens with zero attached hydrogens (tertiary/aromatic N) is 2. The van der Waals surface area contributed by atoms with Crippen LogP contribution in [0.4, 0.5) is 0 Å². The van der Waals surface area contributed by atoms with Gasteiger partial charge in [0.1, 0.15) is 0 Å². The lowest BCUT2D eigenvalue weighted by Crippen LogP contribution is -2.30. The van der Waals surface area contributed by atoms with Crippen LogP contribution in [0.1, 0.15) is 19.2 Å². The van der Waals surface area contributed by atoms with E-state index in [1.54, 1.807) is 13.0 Å². The SMILES string of the molecule is C=CCNC(=O)[C@H](C)Sc1nnc(C[C@H]2CCS(=O)(=O)C2)o1. The van der Waals surface area contributed by atoms with E-state index in [0.717, 1.165) is 0 Å². The van der Waals surface area contributed by atoms with Crippen molar-refractivity contribution < 1.29 is 17.6 Å². The van der Waals surface area contributed by atoms with Crippen LogP contribution in [0.2, 0.25) is 0 Å². The van der Waals surface area contributed by atoms with Crippen LogP contribution in [0.5, 0.6) is 0 Å². The largest absolute Gasteiger partial charge is 0.416 e. The van der Waals surface area contributed by atoms with Crippen LogP contribution in [-0.4, -0.2) is 47.8 Å². The molecule has 1 N–H and O–H groups in total. The molecule has 122 valence electrons. The average molecular weight is 345 g/mol. The number of sulfone groups is 1. The highest BCUT2D eigenvalue weighted by Gasteiger charge is 2.29. The predicted octanol–water partition coefficient (Wildman–Crippen LogP) is 0.830. The van der Waals surface area contributed by atoms with E-state index < -0.39 is 9.84 Å². The quantitative estimate of drug-likeness (QED) is 0.577. The Balaban J connectivity index is 1.86. The van der Waals surface area contributed by atoms with Crippen molar-refractivity contribution in [1.29, 1.82) is 0 Å². The van der Waals surface area contributed by atoms with E-state index in [1.807, 2.05) is 0 Å². The zero-order chi connectivity index (χ0) is 16.2. The number of aromatic nitrogens is 2. The predicted molar refractivity (Wildman–Crippen MR) is 83.3 cm³/mol. The second-order valence-electron chi connectivity index (χ2n) is 5.23. The molecule has 0 radical (unpaired) electrons. The summed E-state index contributed by atoms with van der Waals surface area (Å²) in [5.74, 6) is 0.734. The highest BCUT2D eigenvalue weighted by molar-refractivity contribution is 8.00. The van der Waals surface area contributed by atoms with Crippen LogP contribution in [0, 0.1) is 5.92 Å². The van der Waals surface area contributed by atoms with Gasteiger partial charge in [-0.2, -0.15) is 0 Å². The summed E-state index contributed by atoms with van der Waals surface area (Å²) in [4.78, 5) is 11.7. The maximum atomic E-state index is 11.7. The molecule has 0 aliphatic carbocycles. The number of carbonyl (C=O) groups excluding carboxylic acids is 1. The molecular formula is C13H19N3O4S2. The first kappa shape index (κ1) is 17.0. The maximum absolute atomic E-state index is 11.7. The normalized spacial score (nSPS) is 21.4. The van der Waals surface area contributed by atoms with Gasteiger partial charge >= 0.3 is 0 Å². The van der Waals surface area contributed by atoms with E-state index in [0.29, 0.717) is 30.5 Å². The Labute approximate surface area is 133 Å². The molecule has 2 rings (SSSR count). The molecule has 1 aromatic rings. The lowest BCUT2D eigenvalue weighted by molar-refractivity contribution is -0.120. The Morgan fingerprint density at radius 2 is 2.36 bits per heavy atom. The summed E-state index contributed by atoms with van der Waals surface area (Å²) in [7, 11) is -2.90. The summed E-state index contributed by atoms with van der Waals surface area (Å²) in [5.41, 5.74) is 0. The van der Waals surface area contributed by atoms with Crippen LogP contribution < -0.4 is 5.32 Å². The second-order valence-corrected chi connectivity index (χ2v) is 8.75. The summed E-state index contributed by atoms with van der Waals surface area (Å²) in [6.45, 7) is 5.69. The van der Waals surface area contributed by atoms with E-state index in [9.17, 15) is 13.2 Å². The molecule has 1 aliphatic heterocycles. The van der Waals surface area contributed by atoms with Crippen LogP contribution >= 0.6 is 11.8 Å². The minimum absolute atomic E-state index is 0.0385. The van der Waals surface area contributed by atoms with Gasteiger partial charge in [0.2, 0.25) is 11.8 Å². The molecule has 0 unspecified atom stereocenters. The molecule has 2 heterocycles. The second kappa shape index (κ2) is 7.28. The number of thioether (sulfide) groups is 1. The van der Waals surface area contributed by atoms with Gasteiger partial charge in [-0.05, 0) is 19.3 Å². The van der Waals surface area contributed by atoms with E-state index >= 15 is 0 Å². The first-order valence-corrected chi connectivity index (χ1v) is 9.68. The maximum Gasteiger partial charge on any atom is 0.277 e. The van der Waals surface area contributed by atoms with Gasteiger partial charge < -0.3 is 9.73 Å². The summed E-state index contributed by atoms with van der Waals surface area (Å²) in [6, 6.07) is 0. The van der Waals surface area contributed by atoms with Crippen molar-refractivity contribution in [2.45, 2.75) is 30.2 Å². The third-order valence-corrected chi connectivity index (χ3v) is 6.08. The van der Waals surface area contributed by atoms with Gasteiger partial charge in [0.25, 0.3) is 5.22 Å². The Kier molecular flexibility index (Phi) is 5.63. The Morgan fingerprint density at radius 3 is 3.00 bits per heavy atom. The Bertz CT molecular complexity index is 641. The number of amides is 1. The third-order valence-electron chi connectivity index (χ3n) is 3.31. The molecule has 22 heavy (non-hydrogen) atoms. The highest BCUT2D eigenvalue weighted by Crippen LogP contribution is 2.25. The van der Waals surface area contributed by atoms with Crippen molar-refractivity contribution >= 4 is 27.5 Å². The molecule has 0 spiro atoms. The molecule has 0 saturated carbocycles.